The fraction of sp³-hybridized carbons (Fsp3) is 0. The SMILES string of the molecule is O=C1C2=Cc3cccc(F)c3C2=C(F)C(F)=C1F. The summed E-state index contributed by atoms with van der Waals surface area (Å²) in [6.07, 6.45) is 1.15. The second-order valence-electron chi connectivity index (χ2n) is 3.91. The van der Waals surface area contributed by atoms with Gasteiger partial charge < -0.3 is 0 Å². The number of fused-ring (bicyclic) bond motifs is 3. The molecule has 0 radical (unpaired) electrons. The third-order valence-electron chi connectivity index (χ3n) is 2.91. The maximum atomic E-state index is 13.7. The molecule has 0 unspecified atom stereocenters. The Morgan fingerprint density at radius 1 is 0.889 bits per heavy atom. The van der Waals surface area contributed by atoms with Crippen LogP contribution in [0.3, 0.4) is 0 Å². The molecule has 1 aromatic carbocycles. The standard InChI is InChI=1S/C13H4F4O/c14-7-3-1-2-5-4-6-9(8(5)7)10(15)11(16)12(17)13(6)18/h1-4H. The average Bonchev–Trinajstić information content (AvgIpc) is 2.75. The van der Waals surface area contributed by atoms with Gasteiger partial charge in [0.05, 0.1) is 0 Å². The van der Waals surface area contributed by atoms with Crippen LogP contribution in [-0.2, 0) is 4.79 Å². The Kier molecular flexibility index (Phi) is 2.08. The van der Waals surface area contributed by atoms with Crippen LogP contribution >= 0.6 is 0 Å². The number of halogens is 4. The molecule has 0 N–H and O–H groups in total. The Morgan fingerprint density at radius 2 is 1.61 bits per heavy atom. The van der Waals surface area contributed by atoms with Crippen molar-refractivity contribution >= 4 is 17.4 Å². The summed E-state index contributed by atoms with van der Waals surface area (Å²) in [5.74, 6) is -7.24. The monoisotopic (exact) mass is 252 g/mol. The zero-order chi connectivity index (χ0) is 13.0. The topological polar surface area (TPSA) is 17.1 Å². The summed E-state index contributed by atoms with van der Waals surface area (Å²) >= 11 is 0. The maximum absolute atomic E-state index is 13.7. The van der Waals surface area contributed by atoms with Gasteiger partial charge in [0.1, 0.15) is 5.82 Å². The van der Waals surface area contributed by atoms with E-state index in [4.69, 9.17) is 0 Å². The predicted molar refractivity (Wildman–Crippen MR) is 56.7 cm³/mol. The molecule has 5 heteroatoms. The van der Waals surface area contributed by atoms with Crippen LogP contribution in [0.5, 0.6) is 0 Å². The molecule has 1 nitrogen and oxygen atoms in total. The number of carbonyl (C=O) groups excluding carboxylic acids is 1. The highest BCUT2D eigenvalue weighted by molar-refractivity contribution is 6.25. The smallest absolute Gasteiger partial charge is 0.225 e. The number of rotatable bonds is 0. The minimum absolute atomic E-state index is 0.207. The molecule has 0 amide bonds. The fourth-order valence-electron chi connectivity index (χ4n) is 2.12. The van der Waals surface area contributed by atoms with E-state index in [-0.39, 0.29) is 16.7 Å². The summed E-state index contributed by atoms with van der Waals surface area (Å²) < 4.78 is 53.6. The van der Waals surface area contributed by atoms with Gasteiger partial charge in [-0.05, 0) is 17.7 Å². The molecule has 3 rings (SSSR count). The first-order valence-corrected chi connectivity index (χ1v) is 5.03. The van der Waals surface area contributed by atoms with Crippen molar-refractivity contribution in [3.63, 3.8) is 0 Å². The number of Topliss-reactive ketones (excluding diaryl/α,β-unsaturated/α-hetero) is 1. The van der Waals surface area contributed by atoms with Gasteiger partial charge in [-0.25, -0.2) is 13.2 Å². The molecular formula is C13H4F4O. The van der Waals surface area contributed by atoms with Crippen LogP contribution in [0.4, 0.5) is 17.6 Å². The van der Waals surface area contributed by atoms with Gasteiger partial charge in [0.15, 0.2) is 11.7 Å². The molecule has 0 saturated carbocycles. The molecule has 0 spiro atoms. The molecule has 0 aliphatic heterocycles. The van der Waals surface area contributed by atoms with Crippen molar-refractivity contribution in [3.8, 4) is 0 Å². The first-order valence-electron chi connectivity index (χ1n) is 5.03. The van der Waals surface area contributed by atoms with Crippen LogP contribution in [0.25, 0.3) is 11.6 Å². The van der Waals surface area contributed by atoms with Gasteiger partial charge in [0.2, 0.25) is 11.6 Å². The number of benzene rings is 1. The van der Waals surface area contributed by atoms with Crippen LogP contribution in [0.15, 0.2) is 41.3 Å². The first kappa shape index (κ1) is 11.0. The lowest BCUT2D eigenvalue weighted by Crippen LogP contribution is -2.11. The van der Waals surface area contributed by atoms with Gasteiger partial charge >= 0.3 is 0 Å². The lowest BCUT2D eigenvalue weighted by Gasteiger charge is -2.13. The van der Waals surface area contributed by atoms with E-state index in [1.54, 1.807) is 0 Å². The molecule has 18 heavy (non-hydrogen) atoms. The zero-order valence-electron chi connectivity index (χ0n) is 8.73. The van der Waals surface area contributed by atoms with Crippen molar-refractivity contribution < 1.29 is 22.4 Å². The van der Waals surface area contributed by atoms with Gasteiger partial charge in [0.25, 0.3) is 0 Å². The molecule has 0 saturated heterocycles. The summed E-state index contributed by atoms with van der Waals surface area (Å²) in [5.41, 5.74) is -0.842. The molecule has 0 heterocycles. The molecule has 0 atom stereocenters. The molecule has 2 aliphatic carbocycles. The molecule has 0 fully saturated rings. The molecular weight excluding hydrogens is 248 g/mol. The average molecular weight is 252 g/mol. The van der Waals surface area contributed by atoms with Gasteiger partial charge in [0, 0.05) is 16.7 Å². The number of hydrogen-bond donors (Lipinski definition) is 0. The lowest BCUT2D eigenvalue weighted by atomic mass is 9.94. The van der Waals surface area contributed by atoms with Crippen LogP contribution in [0.2, 0.25) is 0 Å². The van der Waals surface area contributed by atoms with Gasteiger partial charge in [-0.1, -0.05) is 12.1 Å². The minimum Gasteiger partial charge on any atom is -0.286 e. The van der Waals surface area contributed by atoms with E-state index in [9.17, 15) is 22.4 Å². The van der Waals surface area contributed by atoms with Crippen molar-refractivity contribution in [2.24, 2.45) is 0 Å². The highest BCUT2D eigenvalue weighted by Gasteiger charge is 2.38. The number of allylic oxidation sites excluding steroid dienone is 5. The quantitative estimate of drug-likeness (QED) is 0.644. The van der Waals surface area contributed by atoms with Gasteiger partial charge in [-0.15, -0.1) is 0 Å². The molecule has 0 bridgehead atoms. The van der Waals surface area contributed by atoms with E-state index in [1.165, 1.54) is 12.1 Å². The van der Waals surface area contributed by atoms with E-state index in [2.05, 4.69) is 0 Å². The largest absolute Gasteiger partial charge is 0.286 e. The van der Waals surface area contributed by atoms with E-state index < -0.39 is 34.7 Å². The van der Waals surface area contributed by atoms with Gasteiger partial charge in [-0.3, -0.25) is 4.79 Å². The predicted octanol–water partition coefficient (Wildman–Crippen LogP) is 3.64. The Balaban J connectivity index is 2.39. The Labute approximate surface area is 98.7 Å². The minimum atomic E-state index is -1.87. The van der Waals surface area contributed by atoms with Crippen LogP contribution in [0.1, 0.15) is 11.1 Å². The summed E-state index contributed by atoms with van der Waals surface area (Å²) in [5, 5.41) is 0. The van der Waals surface area contributed by atoms with E-state index in [0.717, 1.165) is 12.1 Å². The Hall–Kier alpha value is -2.17. The first-order chi connectivity index (χ1) is 8.52. The van der Waals surface area contributed by atoms with Crippen molar-refractivity contribution in [1.82, 2.24) is 0 Å². The lowest BCUT2D eigenvalue weighted by molar-refractivity contribution is -0.113. The second kappa shape index (κ2) is 3.41. The van der Waals surface area contributed by atoms with Crippen LogP contribution < -0.4 is 0 Å². The van der Waals surface area contributed by atoms with Crippen LogP contribution in [0, 0.1) is 5.82 Å². The summed E-state index contributed by atoms with van der Waals surface area (Å²) in [4.78, 5) is 11.5. The summed E-state index contributed by atoms with van der Waals surface area (Å²) in [6, 6.07) is 3.87. The van der Waals surface area contributed by atoms with Crippen LogP contribution in [-0.4, -0.2) is 5.78 Å². The molecule has 0 aromatic heterocycles. The van der Waals surface area contributed by atoms with Crippen molar-refractivity contribution in [3.05, 3.63) is 58.2 Å². The third-order valence-corrected chi connectivity index (χ3v) is 2.91. The maximum Gasteiger partial charge on any atom is 0.225 e. The fourth-order valence-corrected chi connectivity index (χ4v) is 2.12. The van der Waals surface area contributed by atoms with Crippen molar-refractivity contribution in [2.75, 3.05) is 0 Å². The zero-order valence-corrected chi connectivity index (χ0v) is 8.73. The number of carbonyl (C=O) groups is 1. The van der Waals surface area contributed by atoms with E-state index in [0.29, 0.717) is 0 Å². The summed E-state index contributed by atoms with van der Waals surface area (Å²) in [7, 11) is 0. The van der Waals surface area contributed by atoms with Crippen molar-refractivity contribution in [2.45, 2.75) is 0 Å². The number of ketones is 1. The third kappa shape index (κ3) is 1.19. The summed E-state index contributed by atoms with van der Waals surface area (Å²) in [6.45, 7) is 0. The molecule has 90 valence electrons. The van der Waals surface area contributed by atoms with Gasteiger partial charge in [-0.2, -0.15) is 4.39 Å². The Bertz CT molecular complexity index is 695. The van der Waals surface area contributed by atoms with Crippen molar-refractivity contribution in [1.29, 1.82) is 0 Å². The molecule has 2 aliphatic rings. The highest BCUT2D eigenvalue weighted by Crippen LogP contribution is 2.46. The van der Waals surface area contributed by atoms with E-state index >= 15 is 0 Å². The normalized spacial score (nSPS) is 18.0. The van der Waals surface area contributed by atoms with E-state index in [1.807, 2.05) is 0 Å². The Morgan fingerprint density at radius 3 is 2.33 bits per heavy atom. The second-order valence-corrected chi connectivity index (χ2v) is 3.91. The molecule has 1 aromatic rings. The number of hydrogen-bond acceptors (Lipinski definition) is 1. The highest BCUT2D eigenvalue weighted by atomic mass is 19.2.